The van der Waals surface area contributed by atoms with Crippen molar-refractivity contribution in [2.75, 3.05) is 20.2 Å². The number of ether oxygens (including phenoxy) is 1. The predicted molar refractivity (Wildman–Crippen MR) is 80.9 cm³/mol. The fourth-order valence-corrected chi connectivity index (χ4v) is 5.09. The Hall–Kier alpha value is -0.610. The van der Waals surface area contributed by atoms with Crippen LogP contribution in [0.4, 0.5) is 0 Å². The highest BCUT2D eigenvalue weighted by molar-refractivity contribution is 5.81. The molecule has 3 saturated carbocycles. The van der Waals surface area contributed by atoms with Crippen LogP contribution in [-0.4, -0.2) is 48.7 Å². The van der Waals surface area contributed by atoms with Gasteiger partial charge in [0, 0.05) is 25.2 Å². The lowest BCUT2D eigenvalue weighted by Gasteiger charge is -2.30. The first-order valence-electron chi connectivity index (χ1n) is 8.80. The van der Waals surface area contributed by atoms with Crippen molar-refractivity contribution in [3.05, 3.63) is 0 Å². The van der Waals surface area contributed by atoms with Crippen molar-refractivity contribution in [2.45, 2.75) is 69.0 Å². The SMILES string of the molecule is COC(=O)C1(NC2CC2)CCC(N2CC3CCCC3C2)C1. The summed E-state index contributed by atoms with van der Waals surface area (Å²) in [6.45, 7) is 2.55. The maximum absolute atomic E-state index is 12.4. The van der Waals surface area contributed by atoms with Gasteiger partial charge < -0.3 is 4.74 Å². The second-order valence-electron chi connectivity index (χ2n) is 7.79. The molecule has 4 rings (SSSR count). The van der Waals surface area contributed by atoms with Gasteiger partial charge in [0.15, 0.2) is 0 Å². The number of methoxy groups -OCH3 is 1. The van der Waals surface area contributed by atoms with E-state index in [1.807, 2.05) is 0 Å². The van der Waals surface area contributed by atoms with Crippen LogP contribution in [0.2, 0.25) is 0 Å². The number of hydrogen-bond acceptors (Lipinski definition) is 4. The molecular formula is C17H28N2O2. The van der Waals surface area contributed by atoms with Crippen LogP contribution in [0, 0.1) is 11.8 Å². The molecule has 4 unspecified atom stereocenters. The summed E-state index contributed by atoms with van der Waals surface area (Å²) in [4.78, 5) is 15.0. The van der Waals surface area contributed by atoms with E-state index in [9.17, 15) is 4.79 Å². The van der Waals surface area contributed by atoms with Gasteiger partial charge in [-0.2, -0.15) is 0 Å². The summed E-state index contributed by atoms with van der Waals surface area (Å²) < 4.78 is 5.13. The minimum atomic E-state index is -0.391. The van der Waals surface area contributed by atoms with Crippen LogP contribution >= 0.6 is 0 Å². The Morgan fingerprint density at radius 3 is 2.48 bits per heavy atom. The number of likely N-dealkylation sites (tertiary alicyclic amines) is 1. The maximum Gasteiger partial charge on any atom is 0.326 e. The lowest BCUT2D eigenvalue weighted by atomic mass is 9.97. The molecular weight excluding hydrogens is 264 g/mol. The van der Waals surface area contributed by atoms with Gasteiger partial charge in [-0.3, -0.25) is 15.0 Å². The van der Waals surface area contributed by atoms with E-state index < -0.39 is 5.54 Å². The number of carbonyl (C=O) groups is 1. The second kappa shape index (κ2) is 5.24. The molecule has 4 aliphatic rings. The number of nitrogens with zero attached hydrogens (tertiary/aromatic N) is 1. The van der Waals surface area contributed by atoms with Gasteiger partial charge in [0.05, 0.1) is 7.11 Å². The number of rotatable bonds is 4. The summed E-state index contributed by atoms with van der Waals surface area (Å²) in [6.07, 6.45) is 9.78. The molecule has 4 nitrogen and oxygen atoms in total. The topological polar surface area (TPSA) is 41.6 Å². The van der Waals surface area contributed by atoms with Crippen molar-refractivity contribution in [3.63, 3.8) is 0 Å². The van der Waals surface area contributed by atoms with E-state index in [1.54, 1.807) is 0 Å². The molecule has 118 valence electrons. The van der Waals surface area contributed by atoms with E-state index in [1.165, 1.54) is 52.3 Å². The van der Waals surface area contributed by atoms with E-state index >= 15 is 0 Å². The smallest absolute Gasteiger partial charge is 0.326 e. The van der Waals surface area contributed by atoms with Crippen LogP contribution in [0.1, 0.15) is 51.4 Å². The van der Waals surface area contributed by atoms with Gasteiger partial charge in [-0.15, -0.1) is 0 Å². The predicted octanol–water partition coefficient (Wildman–Crippen LogP) is 1.93. The largest absolute Gasteiger partial charge is 0.468 e. The standard InChI is InChI=1S/C17H28N2O2/c1-21-16(20)17(18-14-5-6-14)8-7-15(9-17)19-10-12-3-2-4-13(12)11-19/h12-15,18H,2-11H2,1H3. The highest BCUT2D eigenvalue weighted by Crippen LogP contribution is 2.43. The molecule has 4 fully saturated rings. The van der Waals surface area contributed by atoms with Crippen molar-refractivity contribution in [3.8, 4) is 0 Å². The molecule has 1 aliphatic heterocycles. The molecule has 1 N–H and O–H groups in total. The fourth-order valence-electron chi connectivity index (χ4n) is 5.09. The van der Waals surface area contributed by atoms with Gasteiger partial charge in [0.2, 0.25) is 0 Å². The van der Waals surface area contributed by atoms with Crippen LogP contribution in [-0.2, 0) is 9.53 Å². The zero-order valence-corrected chi connectivity index (χ0v) is 13.1. The van der Waals surface area contributed by atoms with Crippen LogP contribution in [0.15, 0.2) is 0 Å². The second-order valence-corrected chi connectivity index (χ2v) is 7.79. The zero-order chi connectivity index (χ0) is 14.4. The van der Waals surface area contributed by atoms with Gasteiger partial charge in [-0.25, -0.2) is 0 Å². The number of hydrogen-bond donors (Lipinski definition) is 1. The van der Waals surface area contributed by atoms with Crippen LogP contribution < -0.4 is 5.32 Å². The van der Waals surface area contributed by atoms with Gasteiger partial charge in [-0.1, -0.05) is 6.42 Å². The van der Waals surface area contributed by atoms with E-state index in [0.29, 0.717) is 12.1 Å². The average molecular weight is 292 g/mol. The van der Waals surface area contributed by atoms with Gasteiger partial charge in [0.1, 0.15) is 5.54 Å². The minimum absolute atomic E-state index is 0.0312. The Morgan fingerprint density at radius 1 is 1.14 bits per heavy atom. The molecule has 0 spiro atoms. The normalized spacial score (nSPS) is 43.2. The van der Waals surface area contributed by atoms with Crippen LogP contribution in [0.3, 0.4) is 0 Å². The van der Waals surface area contributed by atoms with Gasteiger partial charge >= 0.3 is 5.97 Å². The molecule has 0 amide bonds. The molecule has 0 aromatic rings. The Kier molecular flexibility index (Phi) is 3.49. The van der Waals surface area contributed by atoms with E-state index in [0.717, 1.165) is 31.1 Å². The van der Waals surface area contributed by atoms with Gasteiger partial charge in [0.25, 0.3) is 0 Å². The first-order chi connectivity index (χ1) is 10.2. The molecule has 0 bridgehead atoms. The third-order valence-electron chi connectivity index (χ3n) is 6.39. The number of fused-ring (bicyclic) bond motifs is 1. The highest BCUT2D eigenvalue weighted by Gasteiger charge is 2.51. The van der Waals surface area contributed by atoms with E-state index in [-0.39, 0.29) is 5.97 Å². The molecule has 4 heteroatoms. The third-order valence-corrected chi connectivity index (χ3v) is 6.39. The molecule has 1 heterocycles. The van der Waals surface area contributed by atoms with Crippen molar-refractivity contribution in [1.82, 2.24) is 10.2 Å². The van der Waals surface area contributed by atoms with E-state index in [4.69, 9.17) is 4.74 Å². The maximum atomic E-state index is 12.4. The zero-order valence-electron chi connectivity index (χ0n) is 13.1. The monoisotopic (exact) mass is 292 g/mol. The van der Waals surface area contributed by atoms with E-state index in [2.05, 4.69) is 10.2 Å². The number of esters is 1. The van der Waals surface area contributed by atoms with Crippen LogP contribution in [0.25, 0.3) is 0 Å². The highest BCUT2D eigenvalue weighted by atomic mass is 16.5. The molecule has 21 heavy (non-hydrogen) atoms. The van der Waals surface area contributed by atoms with Crippen molar-refractivity contribution < 1.29 is 9.53 Å². The summed E-state index contributed by atoms with van der Waals surface area (Å²) in [5.41, 5.74) is -0.391. The molecule has 0 aromatic carbocycles. The lowest BCUT2D eigenvalue weighted by Crippen LogP contribution is -2.52. The minimum Gasteiger partial charge on any atom is -0.468 e. The lowest BCUT2D eigenvalue weighted by molar-refractivity contribution is -0.148. The Morgan fingerprint density at radius 2 is 1.86 bits per heavy atom. The van der Waals surface area contributed by atoms with Crippen molar-refractivity contribution in [1.29, 1.82) is 0 Å². The molecule has 0 aromatic heterocycles. The quantitative estimate of drug-likeness (QED) is 0.804. The summed E-state index contributed by atoms with van der Waals surface area (Å²) >= 11 is 0. The van der Waals surface area contributed by atoms with Gasteiger partial charge in [-0.05, 0) is 56.8 Å². The Balaban J connectivity index is 1.43. The molecule has 0 radical (unpaired) electrons. The Bertz CT molecular complexity index is 411. The summed E-state index contributed by atoms with van der Waals surface area (Å²) in [6, 6.07) is 1.14. The first-order valence-corrected chi connectivity index (χ1v) is 8.80. The summed E-state index contributed by atoms with van der Waals surface area (Å²) in [5, 5.41) is 3.62. The summed E-state index contributed by atoms with van der Waals surface area (Å²) in [7, 11) is 1.53. The molecule has 3 aliphatic carbocycles. The number of carbonyl (C=O) groups excluding carboxylic acids is 1. The summed E-state index contributed by atoms with van der Waals surface area (Å²) in [5.74, 6) is 1.85. The fraction of sp³-hybridized carbons (Fsp3) is 0.941. The van der Waals surface area contributed by atoms with Crippen LogP contribution in [0.5, 0.6) is 0 Å². The Labute approximate surface area is 127 Å². The third kappa shape index (κ3) is 2.50. The first kappa shape index (κ1) is 14.0. The van der Waals surface area contributed by atoms with Crippen molar-refractivity contribution >= 4 is 5.97 Å². The number of nitrogens with one attached hydrogen (secondary N) is 1. The van der Waals surface area contributed by atoms with Crippen molar-refractivity contribution in [2.24, 2.45) is 11.8 Å². The molecule has 4 atom stereocenters. The molecule has 1 saturated heterocycles. The average Bonchev–Trinajstić information content (AvgIpc) is 2.90.